The van der Waals surface area contributed by atoms with Gasteiger partial charge in [-0.05, 0) is 61.3 Å². The number of benzene rings is 1. The fourth-order valence-electron chi connectivity index (χ4n) is 1.94. The van der Waals surface area contributed by atoms with Crippen LogP contribution in [0, 0.1) is 0 Å². The Kier molecular flexibility index (Phi) is 5.20. The van der Waals surface area contributed by atoms with Gasteiger partial charge in [-0.25, -0.2) is 0 Å². The fraction of sp³-hybridized carbons (Fsp3) is 0.267. The molecule has 0 aliphatic rings. The molecular weight excluding hydrogens is 279 g/mol. The maximum atomic E-state index is 6.18. The Labute approximate surface area is 123 Å². The minimum Gasteiger partial charge on any atom is -0.310 e. The molecule has 2 nitrogen and oxygen atoms in total. The molecule has 0 fully saturated rings. The van der Waals surface area contributed by atoms with Crippen molar-refractivity contribution in [2.75, 3.05) is 6.54 Å². The van der Waals surface area contributed by atoms with Gasteiger partial charge in [-0.1, -0.05) is 23.2 Å². The van der Waals surface area contributed by atoms with Crippen molar-refractivity contribution in [3.8, 4) is 0 Å². The first-order valence-corrected chi connectivity index (χ1v) is 6.99. The zero-order chi connectivity index (χ0) is 13.7. The van der Waals surface area contributed by atoms with Crippen molar-refractivity contribution in [3.63, 3.8) is 0 Å². The normalized spacial score (nSPS) is 12.4. The van der Waals surface area contributed by atoms with Gasteiger partial charge in [0.25, 0.3) is 0 Å². The number of hydrogen-bond acceptors (Lipinski definition) is 2. The van der Waals surface area contributed by atoms with Crippen LogP contribution >= 0.6 is 23.2 Å². The molecule has 2 rings (SSSR count). The van der Waals surface area contributed by atoms with Gasteiger partial charge in [0.15, 0.2) is 0 Å². The van der Waals surface area contributed by atoms with Crippen LogP contribution in [0.2, 0.25) is 10.0 Å². The molecule has 1 N–H and O–H groups in total. The SMILES string of the molecule is CC(NCCc1ccncc1)c1cc(Cl)ccc1Cl. The third-order valence-electron chi connectivity index (χ3n) is 3.04. The Hall–Kier alpha value is -1.09. The second kappa shape index (κ2) is 6.90. The minimum atomic E-state index is 0.174. The molecule has 0 radical (unpaired) electrons. The number of hydrogen-bond donors (Lipinski definition) is 1. The largest absolute Gasteiger partial charge is 0.310 e. The van der Waals surface area contributed by atoms with Crippen molar-refractivity contribution in [1.29, 1.82) is 0 Å². The molecule has 2 aromatic rings. The summed E-state index contributed by atoms with van der Waals surface area (Å²) < 4.78 is 0. The van der Waals surface area contributed by atoms with Gasteiger partial charge in [0.05, 0.1) is 0 Å². The van der Waals surface area contributed by atoms with Crippen LogP contribution < -0.4 is 5.32 Å². The predicted octanol–water partition coefficient (Wildman–Crippen LogP) is 4.28. The second-order valence-electron chi connectivity index (χ2n) is 4.45. The van der Waals surface area contributed by atoms with Gasteiger partial charge in [0, 0.05) is 28.5 Å². The number of pyridine rings is 1. The molecule has 100 valence electrons. The van der Waals surface area contributed by atoms with E-state index < -0.39 is 0 Å². The molecule has 1 aromatic carbocycles. The first-order valence-electron chi connectivity index (χ1n) is 6.24. The summed E-state index contributed by atoms with van der Waals surface area (Å²) in [4.78, 5) is 4.00. The van der Waals surface area contributed by atoms with Gasteiger partial charge in [0.2, 0.25) is 0 Å². The van der Waals surface area contributed by atoms with Crippen molar-refractivity contribution in [1.82, 2.24) is 10.3 Å². The van der Waals surface area contributed by atoms with Crippen molar-refractivity contribution in [3.05, 3.63) is 63.9 Å². The van der Waals surface area contributed by atoms with Gasteiger partial charge >= 0.3 is 0 Å². The van der Waals surface area contributed by atoms with Crippen LogP contribution in [-0.2, 0) is 6.42 Å². The highest BCUT2D eigenvalue weighted by atomic mass is 35.5. The predicted molar refractivity (Wildman–Crippen MR) is 80.8 cm³/mol. The lowest BCUT2D eigenvalue weighted by Crippen LogP contribution is -2.21. The quantitative estimate of drug-likeness (QED) is 0.890. The number of halogens is 2. The average molecular weight is 295 g/mol. The number of rotatable bonds is 5. The first-order chi connectivity index (χ1) is 9.16. The lowest BCUT2D eigenvalue weighted by atomic mass is 10.1. The summed E-state index contributed by atoms with van der Waals surface area (Å²) in [6, 6.07) is 9.77. The molecule has 0 bridgehead atoms. The van der Waals surface area contributed by atoms with E-state index >= 15 is 0 Å². The molecular formula is C15H16Cl2N2. The Balaban J connectivity index is 1.91. The fourth-order valence-corrected chi connectivity index (χ4v) is 2.40. The zero-order valence-corrected chi connectivity index (χ0v) is 12.2. The number of aromatic nitrogens is 1. The highest BCUT2D eigenvalue weighted by Gasteiger charge is 2.09. The van der Waals surface area contributed by atoms with Crippen LogP contribution in [0.25, 0.3) is 0 Å². The van der Waals surface area contributed by atoms with Crippen molar-refractivity contribution in [2.24, 2.45) is 0 Å². The third-order valence-corrected chi connectivity index (χ3v) is 3.62. The standard InChI is InChI=1S/C15H16Cl2N2/c1-11(14-10-13(16)2-3-15(14)17)19-9-6-12-4-7-18-8-5-12/h2-5,7-8,10-11,19H,6,9H2,1H3. The molecule has 0 aliphatic carbocycles. The highest BCUT2D eigenvalue weighted by Crippen LogP contribution is 2.26. The summed E-state index contributed by atoms with van der Waals surface area (Å²) in [6.07, 6.45) is 4.59. The first kappa shape index (κ1) is 14.3. The van der Waals surface area contributed by atoms with Crippen LogP contribution in [0.5, 0.6) is 0 Å². The maximum Gasteiger partial charge on any atom is 0.0454 e. The van der Waals surface area contributed by atoms with Crippen molar-refractivity contribution >= 4 is 23.2 Å². The van der Waals surface area contributed by atoms with E-state index in [9.17, 15) is 0 Å². The van der Waals surface area contributed by atoms with Crippen LogP contribution in [0.4, 0.5) is 0 Å². The Morgan fingerprint density at radius 2 is 1.89 bits per heavy atom. The van der Waals surface area contributed by atoms with E-state index in [1.54, 1.807) is 6.07 Å². The third kappa shape index (κ3) is 4.20. The lowest BCUT2D eigenvalue weighted by molar-refractivity contribution is 0.577. The van der Waals surface area contributed by atoms with Crippen LogP contribution in [-0.4, -0.2) is 11.5 Å². The van der Waals surface area contributed by atoms with E-state index in [0.717, 1.165) is 23.6 Å². The minimum absolute atomic E-state index is 0.174. The van der Waals surface area contributed by atoms with Crippen LogP contribution in [0.1, 0.15) is 24.1 Å². The Morgan fingerprint density at radius 1 is 1.16 bits per heavy atom. The van der Waals surface area contributed by atoms with E-state index in [0.29, 0.717) is 5.02 Å². The summed E-state index contributed by atoms with van der Waals surface area (Å²) >= 11 is 12.2. The monoisotopic (exact) mass is 294 g/mol. The van der Waals surface area contributed by atoms with Crippen LogP contribution in [0.15, 0.2) is 42.7 Å². The Morgan fingerprint density at radius 3 is 2.63 bits per heavy atom. The number of nitrogens with zero attached hydrogens (tertiary/aromatic N) is 1. The molecule has 1 unspecified atom stereocenters. The summed E-state index contributed by atoms with van der Waals surface area (Å²) in [6.45, 7) is 2.97. The van der Waals surface area contributed by atoms with Gasteiger partial charge in [-0.2, -0.15) is 0 Å². The number of nitrogens with one attached hydrogen (secondary N) is 1. The molecule has 0 spiro atoms. The van der Waals surface area contributed by atoms with E-state index in [1.807, 2.05) is 36.7 Å². The van der Waals surface area contributed by atoms with Gasteiger partial charge in [0.1, 0.15) is 0 Å². The summed E-state index contributed by atoms with van der Waals surface area (Å²) in [5.41, 5.74) is 2.30. The van der Waals surface area contributed by atoms with Gasteiger partial charge in [-0.3, -0.25) is 4.98 Å². The second-order valence-corrected chi connectivity index (χ2v) is 5.29. The highest BCUT2D eigenvalue weighted by molar-refractivity contribution is 6.33. The molecule has 4 heteroatoms. The van der Waals surface area contributed by atoms with E-state index in [4.69, 9.17) is 23.2 Å². The van der Waals surface area contributed by atoms with Gasteiger partial charge < -0.3 is 5.32 Å². The molecule has 0 aliphatic heterocycles. The maximum absolute atomic E-state index is 6.18. The van der Waals surface area contributed by atoms with Gasteiger partial charge in [-0.15, -0.1) is 0 Å². The average Bonchev–Trinajstić information content (AvgIpc) is 2.42. The molecule has 19 heavy (non-hydrogen) atoms. The summed E-state index contributed by atoms with van der Waals surface area (Å²) in [5, 5.41) is 4.91. The molecule has 0 amide bonds. The van der Waals surface area contributed by atoms with Crippen molar-refractivity contribution in [2.45, 2.75) is 19.4 Å². The van der Waals surface area contributed by atoms with Crippen molar-refractivity contribution < 1.29 is 0 Å². The Bertz CT molecular complexity index is 529. The molecule has 0 saturated carbocycles. The van der Waals surface area contributed by atoms with E-state index in [2.05, 4.69) is 17.2 Å². The molecule has 1 atom stereocenters. The summed E-state index contributed by atoms with van der Waals surface area (Å²) in [7, 11) is 0. The topological polar surface area (TPSA) is 24.9 Å². The molecule has 0 saturated heterocycles. The van der Waals surface area contributed by atoms with Crippen LogP contribution in [0.3, 0.4) is 0 Å². The zero-order valence-electron chi connectivity index (χ0n) is 10.7. The molecule has 1 aromatic heterocycles. The summed E-state index contributed by atoms with van der Waals surface area (Å²) in [5.74, 6) is 0. The smallest absolute Gasteiger partial charge is 0.0454 e. The lowest BCUT2D eigenvalue weighted by Gasteiger charge is -2.16. The van der Waals surface area contributed by atoms with E-state index in [-0.39, 0.29) is 6.04 Å². The van der Waals surface area contributed by atoms with E-state index in [1.165, 1.54) is 5.56 Å². The molecule has 1 heterocycles.